The fraction of sp³-hybridized carbons (Fsp3) is 0.538. The first kappa shape index (κ1) is 14.9. The minimum Gasteiger partial charge on any atom is -0.495 e. The average molecular weight is 273 g/mol. The largest absolute Gasteiger partial charge is 0.495 e. The summed E-state index contributed by atoms with van der Waals surface area (Å²) < 4.78 is 10.5. The molecule has 0 fully saturated rings. The third-order valence-electron chi connectivity index (χ3n) is 2.86. The van der Waals surface area contributed by atoms with Gasteiger partial charge in [-0.15, -0.1) is 0 Å². The zero-order valence-corrected chi connectivity index (χ0v) is 12.0. The van der Waals surface area contributed by atoms with Crippen LogP contribution in [0.5, 0.6) is 11.5 Å². The van der Waals surface area contributed by atoms with Crippen LogP contribution in [0.15, 0.2) is 12.1 Å². The monoisotopic (exact) mass is 272 g/mol. The Bertz CT molecular complexity index is 397. The first-order chi connectivity index (χ1) is 8.49. The van der Waals surface area contributed by atoms with Crippen molar-refractivity contribution in [3.8, 4) is 11.5 Å². The van der Waals surface area contributed by atoms with Gasteiger partial charge in [0.2, 0.25) is 0 Å². The third kappa shape index (κ3) is 3.68. The molecule has 0 aliphatic heterocycles. The van der Waals surface area contributed by atoms with Gasteiger partial charge in [0.1, 0.15) is 11.5 Å². The summed E-state index contributed by atoms with van der Waals surface area (Å²) in [5.41, 5.74) is 6.82. The molecule has 1 rings (SSSR count). The summed E-state index contributed by atoms with van der Waals surface area (Å²) in [6.45, 7) is 4.84. The number of halogens is 1. The summed E-state index contributed by atoms with van der Waals surface area (Å²) in [6, 6.07) is 3.62. The minimum absolute atomic E-state index is 0.0800. The first-order valence-electron chi connectivity index (χ1n) is 5.90. The molecule has 1 atom stereocenters. The maximum absolute atomic E-state index is 6.04. The Morgan fingerprint density at radius 1 is 1.22 bits per heavy atom. The van der Waals surface area contributed by atoms with E-state index in [1.54, 1.807) is 20.3 Å². The molecule has 0 radical (unpaired) electrons. The zero-order valence-electron chi connectivity index (χ0n) is 11.3. The van der Waals surface area contributed by atoms with Gasteiger partial charge in [-0.3, -0.25) is 0 Å². The zero-order chi connectivity index (χ0) is 13.7. The molecule has 0 aromatic heterocycles. The highest BCUT2D eigenvalue weighted by Crippen LogP contribution is 2.35. The Kier molecular flexibility index (Phi) is 5.56. The predicted octanol–water partition coefficient (Wildman–Crippen LogP) is 2.75. The van der Waals surface area contributed by atoms with Crippen LogP contribution < -0.4 is 20.5 Å². The maximum Gasteiger partial charge on any atom is 0.143 e. The number of hydrogen-bond acceptors (Lipinski definition) is 4. The number of nitrogens with one attached hydrogen (secondary N) is 1. The summed E-state index contributed by atoms with van der Waals surface area (Å²) in [6.07, 6.45) is 0. The van der Waals surface area contributed by atoms with E-state index in [1.807, 2.05) is 6.07 Å². The van der Waals surface area contributed by atoms with Crippen LogP contribution in [0, 0.1) is 5.92 Å². The second-order valence-electron chi connectivity index (χ2n) is 4.48. The van der Waals surface area contributed by atoms with E-state index in [9.17, 15) is 0 Å². The highest BCUT2D eigenvalue weighted by Gasteiger charge is 2.12. The normalized spacial score (nSPS) is 12.4. The summed E-state index contributed by atoms with van der Waals surface area (Å²) in [4.78, 5) is 0. The van der Waals surface area contributed by atoms with Crippen molar-refractivity contribution < 1.29 is 9.47 Å². The molecule has 18 heavy (non-hydrogen) atoms. The number of nitrogens with two attached hydrogens (primary N) is 1. The summed E-state index contributed by atoms with van der Waals surface area (Å²) in [7, 11) is 3.18. The van der Waals surface area contributed by atoms with Crippen LogP contribution in [0.4, 0.5) is 5.69 Å². The Labute approximate surface area is 113 Å². The standard InChI is InChI=1S/C13H21ClN2O2/c1-8(2)10(15)7-16-11-6-12(17-3)9(14)5-13(11)18-4/h5-6,8,10,16H,7,15H2,1-4H3. The molecule has 1 aromatic carbocycles. The van der Waals surface area contributed by atoms with Crippen molar-refractivity contribution in [3.63, 3.8) is 0 Å². The van der Waals surface area contributed by atoms with Gasteiger partial charge in [0, 0.05) is 24.7 Å². The Balaban J connectivity index is 2.86. The minimum atomic E-state index is 0.0800. The van der Waals surface area contributed by atoms with E-state index < -0.39 is 0 Å². The van der Waals surface area contributed by atoms with Gasteiger partial charge < -0.3 is 20.5 Å². The molecule has 0 heterocycles. The topological polar surface area (TPSA) is 56.5 Å². The van der Waals surface area contributed by atoms with Crippen LogP contribution in [-0.2, 0) is 0 Å². The lowest BCUT2D eigenvalue weighted by Crippen LogP contribution is -2.34. The average Bonchev–Trinajstić information content (AvgIpc) is 2.36. The number of benzene rings is 1. The molecular formula is C13H21ClN2O2. The van der Waals surface area contributed by atoms with Gasteiger partial charge >= 0.3 is 0 Å². The lowest BCUT2D eigenvalue weighted by atomic mass is 10.1. The Morgan fingerprint density at radius 3 is 2.33 bits per heavy atom. The number of ether oxygens (including phenoxy) is 2. The van der Waals surface area contributed by atoms with Gasteiger partial charge in [0.15, 0.2) is 0 Å². The van der Waals surface area contributed by atoms with Crippen molar-refractivity contribution in [2.45, 2.75) is 19.9 Å². The van der Waals surface area contributed by atoms with Gasteiger partial charge in [-0.1, -0.05) is 25.4 Å². The van der Waals surface area contributed by atoms with Crippen molar-refractivity contribution in [3.05, 3.63) is 17.2 Å². The first-order valence-corrected chi connectivity index (χ1v) is 6.28. The van der Waals surface area contributed by atoms with Gasteiger partial charge in [-0.25, -0.2) is 0 Å². The van der Waals surface area contributed by atoms with E-state index in [2.05, 4.69) is 19.2 Å². The predicted molar refractivity (Wildman–Crippen MR) is 75.9 cm³/mol. The molecule has 5 heteroatoms. The molecule has 0 bridgehead atoms. The van der Waals surface area contributed by atoms with E-state index in [0.717, 1.165) is 5.69 Å². The van der Waals surface area contributed by atoms with Crippen LogP contribution in [0.3, 0.4) is 0 Å². The van der Waals surface area contributed by atoms with Gasteiger partial charge in [0.05, 0.1) is 24.9 Å². The molecule has 3 N–H and O–H groups in total. The summed E-state index contributed by atoms with van der Waals surface area (Å²) in [5.74, 6) is 1.70. The lowest BCUT2D eigenvalue weighted by molar-refractivity contribution is 0.404. The molecule has 4 nitrogen and oxygen atoms in total. The molecule has 0 aliphatic rings. The van der Waals surface area contributed by atoms with Crippen molar-refractivity contribution in [2.24, 2.45) is 11.7 Å². The van der Waals surface area contributed by atoms with Crippen LogP contribution >= 0.6 is 11.6 Å². The molecule has 0 saturated carbocycles. The van der Waals surface area contributed by atoms with Crippen molar-refractivity contribution in [1.29, 1.82) is 0 Å². The van der Waals surface area contributed by atoms with Crippen molar-refractivity contribution >= 4 is 17.3 Å². The molecule has 102 valence electrons. The number of rotatable bonds is 6. The molecular weight excluding hydrogens is 252 g/mol. The SMILES string of the molecule is COc1cc(NCC(N)C(C)C)c(OC)cc1Cl. The third-order valence-corrected chi connectivity index (χ3v) is 3.15. The summed E-state index contributed by atoms with van der Waals surface area (Å²) >= 11 is 6.04. The highest BCUT2D eigenvalue weighted by molar-refractivity contribution is 6.32. The van der Waals surface area contributed by atoms with E-state index in [1.165, 1.54) is 0 Å². The van der Waals surface area contributed by atoms with E-state index in [0.29, 0.717) is 29.0 Å². The molecule has 0 saturated heterocycles. The fourth-order valence-corrected chi connectivity index (χ4v) is 1.69. The molecule has 1 aromatic rings. The van der Waals surface area contributed by atoms with Gasteiger partial charge in [-0.2, -0.15) is 0 Å². The Morgan fingerprint density at radius 2 is 1.83 bits per heavy atom. The van der Waals surface area contributed by atoms with Crippen molar-refractivity contribution in [2.75, 3.05) is 26.1 Å². The summed E-state index contributed by atoms with van der Waals surface area (Å²) in [5, 5.41) is 3.78. The van der Waals surface area contributed by atoms with Crippen LogP contribution in [0.25, 0.3) is 0 Å². The lowest BCUT2D eigenvalue weighted by Gasteiger charge is -2.19. The van der Waals surface area contributed by atoms with Crippen LogP contribution in [0.2, 0.25) is 5.02 Å². The number of hydrogen-bond donors (Lipinski definition) is 2. The van der Waals surface area contributed by atoms with E-state index >= 15 is 0 Å². The second kappa shape index (κ2) is 6.71. The maximum atomic E-state index is 6.04. The van der Waals surface area contributed by atoms with Gasteiger partial charge in [0.25, 0.3) is 0 Å². The smallest absolute Gasteiger partial charge is 0.143 e. The molecule has 0 aliphatic carbocycles. The van der Waals surface area contributed by atoms with Crippen molar-refractivity contribution in [1.82, 2.24) is 0 Å². The molecule has 1 unspecified atom stereocenters. The number of anilines is 1. The van der Waals surface area contributed by atoms with Gasteiger partial charge in [-0.05, 0) is 5.92 Å². The molecule has 0 spiro atoms. The van der Waals surface area contributed by atoms with E-state index in [4.69, 9.17) is 26.8 Å². The number of methoxy groups -OCH3 is 2. The highest BCUT2D eigenvalue weighted by atomic mass is 35.5. The molecule has 0 amide bonds. The Hall–Kier alpha value is -1.13. The van der Waals surface area contributed by atoms with Crippen LogP contribution in [-0.4, -0.2) is 26.8 Å². The quantitative estimate of drug-likeness (QED) is 0.836. The fourth-order valence-electron chi connectivity index (χ4n) is 1.46. The van der Waals surface area contributed by atoms with Crippen LogP contribution in [0.1, 0.15) is 13.8 Å². The van der Waals surface area contributed by atoms with E-state index in [-0.39, 0.29) is 6.04 Å². The second-order valence-corrected chi connectivity index (χ2v) is 4.88.